The van der Waals surface area contributed by atoms with Gasteiger partial charge in [-0.15, -0.1) is 0 Å². The Bertz CT molecular complexity index is 578. The molecule has 1 rings (SSSR count). The average Bonchev–Trinajstić information content (AvgIpc) is 2.47. The molecule has 1 aromatic carbocycles. The molecule has 0 fully saturated rings. The minimum absolute atomic E-state index is 0.124. The van der Waals surface area contributed by atoms with Crippen molar-refractivity contribution in [2.24, 2.45) is 22.3 Å². The summed E-state index contributed by atoms with van der Waals surface area (Å²) >= 11 is 5.82. The van der Waals surface area contributed by atoms with E-state index >= 15 is 0 Å². The number of benzene rings is 1. The van der Waals surface area contributed by atoms with E-state index < -0.39 is 22.9 Å². The van der Waals surface area contributed by atoms with Crippen LogP contribution in [-0.4, -0.2) is 34.4 Å². The lowest BCUT2D eigenvalue weighted by atomic mass is 10.1. The normalized spacial score (nSPS) is 12.7. The molecule has 9 nitrogen and oxygen atoms in total. The SMILES string of the molecule is NCCC[C@H](C(N)=O)N(Cc1ccc(Cl)cc1)C(N)=N[N+](=O)[O-]. The number of nitro groups is 1. The number of guanidine groups is 1. The molecule has 0 heterocycles. The topological polar surface area (TPSA) is 154 Å². The van der Waals surface area contributed by atoms with Gasteiger partial charge < -0.3 is 22.1 Å². The van der Waals surface area contributed by atoms with Crippen molar-refractivity contribution in [3.8, 4) is 0 Å². The van der Waals surface area contributed by atoms with Crippen molar-refractivity contribution in [1.29, 1.82) is 0 Å². The van der Waals surface area contributed by atoms with Gasteiger partial charge in [-0.2, -0.15) is 0 Å². The van der Waals surface area contributed by atoms with Gasteiger partial charge >= 0.3 is 0 Å². The van der Waals surface area contributed by atoms with Crippen molar-refractivity contribution in [2.45, 2.75) is 25.4 Å². The first-order valence-corrected chi connectivity index (χ1v) is 7.22. The highest BCUT2D eigenvalue weighted by atomic mass is 35.5. The molecule has 10 heteroatoms. The minimum atomic E-state index is -0.925. The molecule has 0 radical (unpaired) electrons. The van der Waals surface area contributed by atoms with Gasteiger partial charge in [0, 0.05) is 11.6 Å². The van der Waals surface area contributed by atoms with Crippen molar-refractivity contribution in [2.75, 3.05) is 6.54 Å². The molecule has 0 bridgehead atoms. The Morgan fingerprint density at radius 1 is 1.35 bits per heavy atom. The Labute approximate surface area is 138 Å². The number of carbonyl (C=O) groups excluding carboxylic acids is 1. The van der Waals surface area contributed by atoms with Crippen molar-refractivity contribution in [1.82, 2.24) is 4.90 Å². The maximum atomic E-state index is 11.7. The Morgan fingerprint density at radius 3 is 2.43 bits per heavy atom. The fourth-order valence-corrected chi connectivity index (χ4v) is 2.17. The van der Waals surface area contributed by atoms with E-state index in [0.717, 1.165) is 5.56 Å². The van der Waals surface area contributed by atoms with E-state index in [2.05, 4.69) is 5.10 Å². The highest BCUT2D eigenvalue weighted by molar-refractivity contribution is 6.30. The first kappa shape index (κ1) is 18.7. The maximum Gasteiger partial charge on any atom is 0.269 e. The van der Waals surface area contributed by atoms with Crippen LogP contribution >= 0.6 is 11.6 Å². The van der Waals surface area contributed by atoms with Gasteiger partial charge in [-0.05, 0) is 37.1 Å². The third-order valence-corrected chi connectivity index (χ3v) is 3.38. The minimum Gasteiger partial charge on any atom is -0.368 e. The van der Waals surface area contributed by atoms with Gasteiger partial charge in [0.1, 0.15) is 11.1 Å². The largest absolute Gasteiger partial charge is 0.368 e. The molecule has 0 spiro atoms. The Morgan fingerprint density at radius 2 is 1.96 bits per heavy atom. The van der Waals surface area contributed by atoms with Crippen LogP contribution in [0.3, 0.4) is 0 Å². The number of hydrogen-bond donors (Lipinski definition) is 3. The van der Waals surface area contributed by atoms with Crippen LogP contribution in [0.2, 0.25) is 5.02 Å². The number of amides is 1. The third-order valence-electron chi connectivity index (χ3n) is 3.13. The Hall–Kier alpha value is -2.39. The molecule has 0 saturated carbocycles. The highest BCUT2D eigenvalue weighted by Crippen LogP contribution is 2.15. The van der Waals surface area contributed by atoms with E-state index in [-0.39, 0.29) is 6.54 Å². The summed E-state index contributed by atoms with van der Waals surface area (Å²) in [6, 6.07) is 5.91. The fraction of sp³-hybridized carbons (Fsp3) is 0.385. The molecule has 1 amide bonds. The fourth-order valence-electron chi connectivity index (χ4n) is 2.04. The Balaban J connectivity index is 3.10. The summed E-state index contributed by atoms with van der Waals surface area (Å²) in [6.07, 6.45) is 0.823. The molecular formula is C13H19ClN6O3. The molecular weight excluding hydrogens is 324 g/mol. The first-order chi connectivity index (χ1) is 10.8. The zero-order valence-corrected chi connectivity index (χ0v) is 13.1. The molecule has 1 atom stereocenters. The van der Waals surface area contributed by atoms with Crippen molar-refractivity contribution >= 4 is 23.5 Å². The molecule has 1 aromatic rings. The lowest BCUT2D eigenvalue weighted by molar-refractivity contribution is -0.485. The van der Waals surface area contributed by atoms with Crippen LogP contribution in [0.15, 0.2) is 29.4 Å². The van der Waals surface area contributed by atoms with Crippen LogP contribution < -0.4 is 17.2 Å². The van der Waals surface area contributed by atoms with E-state index in [1.807, 2.05) is 0 Å². The second-order valence-corrected chi connectivity index (χ2v) is 5.24. The van der Waals surface area contributed by atoms with E-state index in [1.54, 1.807) is 24.3 Å². The van der Waals surface area contributed by atoms with Crippen LogP contribution in [0.5, 0.6) is 0 Å². The summed E-state index contributed by atoms with van der Waals surface area (Å²) in [4.78, 5) is 23.6. The number of rotatable bonds is 8. The van der Waals surface area contributed by atoms with E-state index in [0.29, 0.717) is 24.4 Å². The van der Waals surface area contributed by atoms with Gasteiger partial charge in [0.15, 0.2) is 5.03 Å². The second-order valence-electron chi connectivity index (χ2n) is 4.80. The number of carbonyl (C=O) groups is 1. The maximum absolute atomic E-state index is 11.7. The smallest absolute Gasteiger partial charge is 0.269 e. The van der Waals surface area contributed by atoms with Gasteiger partial charge in [0.05, 0.1) is 0 Å². The number of hydrogen-bond acceptors (Lipinski definition) is 4. The summed E-state index contributed by atoms with van der Waals surface area (Å²) in [6.45, 7) is 0.476. The molecule has 126 valence electrons. The molecule has 0 aromatic heterocycles. The van der Waals surface area contributed by atoms with Gasteiger partial charge in [-0.3, -0.25) is 4.79 Å². The van der Waals surface area contributed by atoms with Crippen LogP contribution in [0.1, 0.15) is 18.4 Å². The predicted octanol–water partition coefficient (Wildman–Crippen LogP) is 0.241. The average molecular weight is 343 g/mol. The first-order valence-electron chi connectivity index (χ1n) is 6.84. The van der Waals surface area contributed by atoms with Gasteiger partial charge in [-0.25, -0.2) is 10.1 Å². The number of nitrogens with zero attached hydrogens (tertiary/aromatic N) is 3. The summed E-state index contributed by atoms with van der Waals surface area (Å²) in [7, 11) is 0. The molecule has 0 aliphatic heterocycles. The quantitative estimate of drug-likeness (QED) is 0.266. The summed E-state index contributed by atoms with van der Waals surface area (Å²) in [5.41, 5.74) is 17.3. The second kappa shape index (κ2) is 8.91. The van der Waals surface area contributed by atoms with Crippen molar-refractivity contribution < 1.29 is 9.83 Å². The Kier molecular flexibility index (Phi) is 7.23. The summed E-state index contributed by atoms with van der Waals surface area (Å²) in [5.74, 6) is -1.06. The third kappa shape index (κ3) is 6.09. The van der Waals surface area contributed by atoms with Crippen molar-refractivity contribution in [3.05, 3.63) is 45.0 Å². The number of primary amides is 1. The highest BCUT2D eigenvalue weighted by Gasteiger charge is 2.27. The van der Waals surface area contributed by atoms with Crippen LogP contribution in [-0.2, 0) is 11.3 Å². The van der Waals surface area contributed by atoms with Gasteiger partial charge in [0.2, 0.25) is 5.91 Å². The number of halogens is 1. The van der Waals surface area contributed by atoms with E-state index in [4.69, 9.17) is 28.8 Å². The lowest BCUT2D eigenvalue weighted by Gasteiger charge is -2.29. The van der Waals surface area contributed by atoms with Crippen LogP contribution in [0.25, 0.3) is 0 Å². The van der Waals surface area contributed by atoms with Crippen LogP contribution in [0, 0.1) is 10.1 Å². The summed E-state index contributed by atoms with van der Waals surface area (Å²) in [5, 5.41) is 13.3. The van der Waals surface area contributed by atoms with E-state index in [9.17, 15) is 14.9 Å². The summed E-state index contributed by atoms with van der Waals surface area (Å²) < 4.78 is 0. The molecule has 0 aliphatic carbocycles. The van der Waals surface area contributed by atoms with Crippen LogP contribution in [0.4, 0.5) is 0 Å². The zero-order valence-electron chi connectivity index (χ0n) is 12.4. The number of hydrazone groups is 1. The number of nitrogens with two attached hydrogens (primary N) is 3. The van der Waals surface area contributed by atoms with Crippen molar-refractivity contribution in [3.63, 3.8) is 0 Å². The molecule has 6 N–H and O–H groups in total. The monoisotopic (exact) mass is 342 g/mol. The lowest BCUT2D eigenvalue weighted by Crippen LogP contribution is -2.50. The predicted molar refractivity (Wildman–Crippen MR) is 86.9 cm³/mol. The molecule has 0 aliphatic rings. The zero-order chi connectivity index (χ0) is 17.4. The molecule has 0 saturated heterocycles. The molecule has 23 heavy (non-hydrogen) atoms. The van der Waals surface area contributed by atoms with Gasteiger partial charge in [0.25, 0.3) is 5.96 Å². The standard InChI is InChI=1S/C13H19ClN6O3/c14-10-5-3-9(4-6-10)8-19(13(17)18-20(22)23)11(12(16)21)2-1-7-15/h3-6,11H,1-2,7-8,15H2,(H2,16,21)(H2,17,18)/t11-/m1/s1. The van der Waals surface area contributed by atoms with E-state index in [1.165, 1.54) is 4.90 Å². The van der Waals surface area contributed by atoms with Gasteiger partial charge in [-0.1, -0.05) is 23.7 Å². The molecule has 0 unspecified atom stereocenters.